The Labute approximate surface area is 135 Å². The van der Waals surface area contributed by atoms with Crippen molar-refractivity contribution in [1.29, 1.82) is 0 Å². The van der Waals surface area contributed by atoms with E-state index in [1.807, 2.05) is 24.3 Å². The summed E-state index contributed by atoms with van der Waals surface area (Å²) in [6.45, 7) is 0. The van der Waals surface area contributed by atoms with Crippen molar-refractivity contribution in [2.45, 2.75) is 0 Å². The zero-order valence-corrected chi connectivity index (χ0v) is 13.1. The molecule has 104 valence electrons. The largest absolute Gasteiger partial charge is 0.402 e. The van der Waals surface area contributed by atoms with Gasteiger partial charge in [-0.25, -0.2) is 9.79 Å². The molecule has 0 atom stereocenters. The van der Waals surface area contributed by atoms with E-state index in [0.29, 0.717) is 10.6 Å². The van der Waals surface area contributed by atoms with Crippen molar-refractivity contribution in [3.8, 4) is 0 Å². The molecule has 1 aliphatic rings. The monoisotopic (exact) mass is 361 g/mol. The summed E-state index contributed by atoms with van der Waals surface area (Å²) in [4.78, 5) is 16.1. The smallest absolute Gasteiger partial charge is 0.363 e. The minimum Gasteiger partial charge on any atom is -0.402 e. The first-order valence-corrected chi connectivity index (χ1v) is 7.33. The molecule has 0 bridgehead atoms. The molecule has 0 saturated carbocycles. The van der Waals surface area contributed by atoms with Crippen molar-refractivity contribution in [3.63, 3.8) is 0 Å². The maximum Gasteiger partial charge on any atom is 0.363 e. The highest BCUT2D eigenvalue weighted by Gasteiger charge is 2.24. The summed E-state index contributed by atoms with van der Waals surface area (Å²) < 4.78 is 6.08. The highest BCUT2D eigenvalue weighted by molar-refractivity contribution is 9.10. The van der Waals surface area contributed by atoms with Crippen LogP contribution in [0.1, 0.15) is 11.1 Å². The molecule has 0 amide bonds. The van der Waals surface area contributed by atoms with Gasteiger partial charge in [0.25, 0.3) is 0 Å². The number of aliphatic imine (C=N–C) groups is 1. The fourth-order valence-electron chi connectivity index (χ4n) is 1.89. The molecule has 3 nitrogen and oxygen atoms in total. The second-order valence-electron chi connectivity index (χ2n) is 4.37. The predicted molar refractivity (Wildman–Crippen MR) is 86.2 cm³/mol. The van der Waals surface area contributed by atoms with Crippen LogP contribution in [0.15, 0.2) is 63.7 Å². The number of halogens is 2. The van der Waals surface area contributed by atoms with Crippen molar-refractivity contribution in [2.75, 3.05) is 0 Å². The van der Waals surface area contributed by atoms with E-state index in [1.54, 1.807) is 30.3 Å². The Morgan fingerprint density at radius 3 is 2.71 bits per heavy atom. The van der Waals surface area contributed by atoms with Gasteiger partial charge in [-0.2, -0.15) is 0 Å². The van der Waals surface area contributed by atoms with E-state index in [0.717, 1.165) is 10.0 Å². The lowest BCUT2D eigenvalue weighted by Crippen LogP contribution is -2.05. The lowest BCUT2D eigenvalue weighted by atomic mass is 10.2. The van der Waals surface area contributed by atoms with Gasteiger partial charge in [0.1, 0.15) is 0 Å². The summed E-state index contributed by atoms with van der Waals surface area (Å²) in [5, 5.41) is 0.564. The van der Waals surface area contributed by atoms with Crippen molar-refractivity contribution in [2.24, 2.45) is 4.99 Å². The van der Waals surface area contributed by atoms with Gasteiger partial charge in [-0.3, -0.25) is 0 Å². The SMILES string of the molecule is O=C1OC(c2cccc(Cl)c2)=N/C1=C/c1ccccc1Br. The van der Waals surface area contributed by atoms with Gasteiger partial charge in [-0.05, 0) is 35.9 Å². The van der Waals surface area contributed by atoms with Crippen LogP contribution in [0, 0.1) is 0 Å². The van der Waals surface area contributed by atoms with Crippen LogP contribution >= 0.6 is 27.5 Å². The molecule has 0 spiro atoms. The normalized spacial score (nSPS) is 16.0. The zero-order chi connectivity index (χ0) is 14.8. The van der Waals surface area contributed by atoms with E-state index in [4.69, 9.17) is 16.3 Å². The molecule has 3 rings (SSSR count). The first-order chi connectivity index (χ1) is 10.1. The van der Waals surface area contributed by atoms with Crippen molar-refractivity contribution in [1.82, 2.24) is 0 Å². The molecule has 0 fully saturated rings. The molecule has 2 aromatic carbocycles. The number of hydrogen-bond acceptors (Lipinski definition) is 3. The fourth-order valence-corrected chi connectivity index (χ4v) is 2.48. The molecule has 0 radical (unpaired) electrons. The van der Waals surface area contributed by atoms with Crippen LogP contribution in [-0.4, -0.2) is 11.9 Å². The van der Waals surface area contributed by atoms with Crippen LogP contribution in [0.3, 0.4) is 0 Å². The molecule has 21 heavy (non-hydrogen) atoms. The number of ether oxygens (including phenoxy) is 1. The highest BCUT2D eigenvalue weighted by atomic mass is 79.9. The number of nitrogens with zero attached hydrogens (tertiary/aromatic N) is 1. The summed E-state index contributed by atoms with van der Waals surface area (Å²) in [5.41, 5.74) is 1.80. The maximum absolute atomic E-state index is 11.9. The molecule has 0 aliphatic carbocycles. The van der Waals surface area contributed by atoms with Crippen LogP contribution in [0.4, 0.5) is 0 Å². The van der Waals surface area contributed by atoms with Crippen molar-refractivity contribution < 1.29 is 9.53 Å². The second kappa shape index (κ2) is 5.84. The lowest BCUT2D eigenvalue weighted by Gasteiger charge is -1.99. The van der Waals surface area contributed by atoms with E-state index in [1.165, 1.54) is 0 Å². The Hall–Kier alpha value is -1.91. The first kappa shape index (κ1) is 14.0. The van der Waals surface area contributed by atoms with Crippen LogP contribution in [0.25, 0.3) is 6.08 Å². The van der Waals surface area contributed by atoms with Crippen LogP contribution in [0.2, 0.25) is 5.02 Å². The maximum atomic E-state index is 11.9. The molecule has 2 aromatic rings. The summed E-state index contributed by atoms with van der Waals surface area (Å²) in [6.07, 6.45) is 1.68. The molecule has 0 saturated heterocycles. The van der Waals surface area contributed by atoms with Gasteiger partial charge in [-0.15, -0.1) is 0 Å². The Kier molecular flexibility index (Phi) is 3.90. The number of carbonyl (C=O) groups excluding carboxylic acids is 1. The third-order valence-corrected chi connectivity index (χ3v) is 3.85. The van der Waals surface area contributed by atoms with E-state index in [2.05, 4.69) is 20.9 Å². The van der Waals surface area contributed by atoms with Gasteiger partial charge in [0.15, 0.2) is 5.70 Å². The highest BCUT2D eigenvalue weighted by Crippen LogP contribution is 2.24. The molecular formula is C16H9BrClNO2. The van der Waals surface area contributed by atoms with Crippen molar-refractivity contribution >= 4 is 45.5 Å². The summed E-state index contributed by atoms with van der Waals surface area (Å²) in [5.74, 6) is -0.207. The van der Waals surface area contributed by atoms with E-state index < -0.39 is 5.97 Å². The van der Waals surface area contributed by atoms with Crippen LogP contribution < -0.4 is 0 Å². The Morgan fingerprint density at radius 1 is 1.14 bits per heavy atom. The number of carbonyl (C=O) groups is 1. The quantitative estimate of drug-likeness (QED) is 0.585. The van der Waals surface area contributed by atoms with Crippen molar-refractivity contribution in [3.05, 3.63) is 74.9 Å². The second-order valence-corrected chi connectivity index (χ2v) is 5.66. The number of hydrogen-bond donors (Lipinski definition) is 0. The first-order valence-electron chi connectivity index (χ1n) is 6.16. The number of benzene rings is 2. The van der Waals surface area contributed by atoms with Gasteiger partial charge < -0.3 is 4.74 Å². The minimum absolute atomic E-state index is 0.261. The van der Waals surface area contributed by atoms with Crippen LogP contribution in [-0.2, 0) is 9.53 Å². The van der Waals surface area contributed by atoms with Gasteiger partial charge in [0.2, 0.25) is 5.90 Å². The Bertz CT molecular complexity index is 783. The third kappa shape index (κ3) is 3.06. The predicted octanol–water partition coefficient (Wildman–Crippen LogP) is 4.45. The standard InChI is InChI=1S/C16H9BrClNO2/c17-13-7-2-1-4-10(13)9-14-16(20)21-15(19-14)11-5-3-6-12(18)8-11/h1-9H/b14-9+. The lowest BCUT2D eigenvalue weighted by molar-refractivity contribution is -0.129. The van der Waals surface area contributed by atoms with Gasteiger partial charge in [0.05, 0.1) is 0 Å². The fraction of sp³-hybridized carbons (Fsp3) is 0. The number of esters is 1. The number of rotatable bonds is 2. The van der Waals surface area contributed by atoms with Gasteiger partial charge in [0, 0.05) is 15.1 Å². The Balaban J connectivity index is 1.98. The van der Waals surface area contributed by atoms with E-state index in [-0.39, 0.29) is 11.6 Å². The molecule has 1 aliphatic heterocycles. The third-order valence-electron chi connectivity index (χ3n) is 2.89. The number of cyclic esters (lactones) is 1. The molecule has 1 heterocycles. The van der Waals surface area contributed by atoms with E-state index >= 15 is 0 Å². The van der Waals surface area contributed by atoms with E-state index in [9.17, 15) is 4.79 Å². The minimum atomic E-state index is -0.472. The van der Waals surface area contributed by atoms with Gasteiger partial charge in [-0.1, -0.05) is 51.8 Å². The molecular weight excluding hydrogens is 354 g/mol. The molecule has 0 aromatic heterocycles. The average molecular weight is 363 g/mol. The summed E-state index contributed by atoms with van der Waals surface area (Å²) in [7, 11) is 0. The zero-order valence-electron chi connectivity index (χ0n) is 10.7. The summed E-state index contributed by atoms with van der Waals surface area (Å²) in [6, 6.07) is 14.6. The average Bonchev–Trinajstić information content (AvgIpc) is 2.83. The van der Waals surface area contributed by atoms with Crippen LogP contribution in [0.5, 0.6) is 0 Å². The van der Waals surface area contributed by atoms with Gasteiger partial charge >= 0.3 is 5.97 Å². The molecule has 0 N–H and O–H groups in total. The topological polar surface area (TPSA) is 38.7 Å². The molecule has 0 unspecified atom stereocenters. The Morgan fingerprint density at radius 2 is 1.95 bits per heavy atom. The molecule has 5 heteroatoms. The summed E-state index contributed by atoms with van der Waals surface area (Å²) >= 11 is 9.36.